The molecule has 1 aliphatic heterocycles. The van der Waals surface area contributed by atoms with Gasteiger partial charge in [0.15, 0.2) is 5.69 Å². The van der Waals surface area contributed by atoms with Crippen molar-refractivity contribution in [2.24, 2.45) is 0 Å². The Morgan fingerprint density at radius 3 is 2.74 bits per heavy atom. The first kappa shape index (κ1) is 21.5. The summed E-state index contributed by atoms with van der Waals surface area (Å²) in [6.45, 7) is 7.54. The van der Waals surface area contributed by atoms with E-state index in [0.717, 1.165) is 0 Å². The average molecular weight is 409 g/mol. The molecule has 7 nitrogen and oxygen atoms in total. The highest BCUT2D eigenvalue weighted by Gasteiger charge is 2.51. The number of nitrogens with zero attached hydrogens (tertiary/aromatic N) is 4. The maximum atomic E-state index is 13.0. The highest BCUT2D eigenvalue weighted by atomic mass is 32.2. The summed E-state index contributed by atoms with van der Waals surface area (Å²) in [6, 6.07) is 3.81. The Morgan fingerprint density at radius 1 is 1.52 bits per heavy atom. The van der Waals surface area contributed by atoms with Crippen LogP contribution in [-0.2, 0) is 14.3 Å². The van der Waals surface area contributed by atoms with E-state index in [0.29, 0.717) is 22.8 Å². The number of hydrogen-bond acceptors (Lipinski definition) is 8. The van der Waals surface area contributed by atoms with Gasteiger partial charge in [0.25, 0.3) is 0 Å². The van der Waals surface area contributed by atoms with Gasteiger partial charge in [-0.1, -0.05) is 0 Å². The van der Waals surface area contributed by atoms with Gasteiger partial charge in [0.2, 0.25) is 5.91 Å². The van der Waals surface area contributed by atoms with Gasteiger partial charge >= 0.3 is 5.97 Å². The summed E-state index contributed by atoms with van der Waals surface area (Å²) in [5.41, 5.74) is -0.494. The van der Waals surface area contributed by atoms with Crippen LogP contribution in [0.2, 0.25) is 0 Å². The Balaban J connectivity index is 2.26. The minimum Gasteiger partial charge on any atom is -0.463 e. The summed E-state index contributed by atoms with van der Waals surface area (Å²) >= 11 is 6.02. The Hall–Kier alpha value is -1.76. The standard InChI is InChI=1S/C18H24N4O3S2/c1-11(2)25-15(23)6-7-21-17(26)22(16(24)18(21,3)4)12-8-14(27-5)13(9-19)20-10-12/h8,10-11,17,26H,6-7H2,1-5H3. The van der Waals surface area contributed by atoms with Crippen molar-refractivity contribution in [1.29, 1.82) is 5.26 Å². The number of carbonyl (C=O) groups is 2. The van der Waals surface area contributed by atoms with Gasteiger partial charge in [-0.3, -0.25) is 19.4 Å². The molecule has 146 valence electrons. The topological polar surface area (TPSA) is 86.5 Å². The molecule has 2 rings (SSSR count). The van der Waals surface area contributed by atoms with Gasteiger partial charge in [-0.05, 0) is 40.0 Å². The third-order valence-electron chi connectivity index (χ3n) is 4.34. The zero-order valence-electron chi connectivity index (χ0n) is 16.1. The van der Waals surface area contributed by atoms with Gasteiger partial charge in [-0.15, -0.1) is 24.4 Å². The van der Waals surface area contributed by atoms with Crippen molar-refractivity contribution >= 4 is 42.0 Å². The van der Waals surface area contributed by atoms with Crippen molar-refractivity contribution in [3.63, 3.8) is 0 Å². The molecular weight excluding hydrogens is 384 g/mol. The molecule has 9 heteroatoms. The van der Waals surface area contributed by atoms with E-state index >= 15 is 0 Å². The number of thiol groups is 1. The zero-order chi connectivity index (χ0) is 20.4. The summed E-state index contributed by atoms with van der Waals surface area (Å²) in [4.78, 5) is 33.2. The second kappa shape index (κ2) is 8.50. The lowest BCUT2D eigenvalue weighted by atomic mass is 10.0. The number of aromatic nitrogens is 1. The summed E-state index contributed by atoms with van der Waals surface area (Å²) in [5.74, 6) is -0.449. The third-order valence-corrected chi connectivity index (χ3v) is 5.60. The number of anilines is 1. The number of ether oxygens (including phenoxy) is 1. The minimum absolute atomic E-state index is 0.140. The van der Waals surface area contributed by atoms with E-state index in [9.17, 15) is 9.59 Å². The molecule has 1 aromatic heterocycles. The molecule has 0 radical (unpaired) electrons. The van der Waals surface area contributed by atoms with Crippen LogP contribution in [0.5, 0.6) is 0 Å². The maximum absolute atomic E-state index is 13.0. The molecule has 0 spiro atoms. The fourth-order valence-corrected chi connectivity index (χ4v) is 4.11. The van der Waals surface area contributed by atoms with Crippen molar-refractivity contribution in [3.8, 4) is 6.07 Å². The van der Waals surface area contributed by atoms with Crippen LogP contribution in [0, 0.1) is 11.3 Å². The van der Waals surface area contributed by atoms with Crippen molar-refractivity contribution < 1.29 is 14.3 Å². The van der Waals surface area contributed by atoms with Crippen LogP contribution >= 0.6 is 24.4 Å². The van der Waals surface area contributed by atoms with Crippen molar-refractivity contribution in [1.82, 2.24) is 9.88 Å². The molecule has 0 aromatic carbocycles. The Kier molecular flexibility index (Phi) is 6.78. The number of carbonyl (C=O) groups excluding carboxylic acids is 2. The Labute approximate surface area is 169 Å². The first-order chi connectivity index (χ1) is 12.6. The van der Waals surface area contributed by atoms with E-state index in [2.05, 4.69) is 17.6 Å². The van der Waals surface area contributed by atoms with E-state index in [4.69, 9.17) is 10.00 Å². The van der Waals surface area contributed by atoms with Gasteiger partial charge in [-0.25, -0.2) is 4.98 Å². The Morgan fingerprint density at radius 2 is 2.19 bits per heavy atom. The highest BCUT2D eigenvalue weighted by molar-refractivity contribution is 7.98. The predicted octanol–water partition coefficient (Wildman–Crippen LogP) is 2.66. The van der Waals surface area contributed by atoms with Crippen molar-refractivity contribution in [3.05, 3.63) is 18.0 Å². The lowest BCUT2D eigenvalue weighted by Crippen LogP contribution is -2.45. The van der Waals surface area contributed by atoms with E-state index < -0.39 is 11.0 Å². The number of esters is 1. The molecule has 1 unspecified atom stereocenters. The molecule has 1 saturated heterocycles. The van der Waals surface area contributed by atoms with Crippen LogP contribution in [0.15, 0.2) is 17.2 Å². The number of rotatable bonds is 6. The van der Waals surface area contributed by atoms with Crippen molar-refractivity contribution in [2.75, 3.05) is 17.7 Å². The largest absolute Gasteiger partial charge is 0.463 e. The number of pyridine rings is 1. The molecule has 2 heterocycles. The zero-order valence-corrected chi connectivity index (χ0v) is 17.8. The summed E-state index contributed by atoms with van der Waals surface area (Å²) < 4.78 is 5.18. The number of amides is 1. The molecule has 0 aliphatic carbocycles. The summed E-state index contributed by atoms with van der Waals surface area (Å²) in [6.07, 6.45) is 3.35. The molecule has 1 fully saturated rings. The average Bonchev–Trinajstić information content (AvgIpc) is 2.77. The van der Waals surface area contributed by atoms with Gasteiger partial charge in [-0.2, -0.15) is 5.26 Å². The van der Waals surface area contributed by atoms with Crippen LogP contribution < -0.4 is 4.90 Å². The number of thioether (sulfide) groups is 1. The fraction of sp³-hybridized carbons (Fsp3) is 0.556. The van der Waals surface area contributed by atoms with E-state index in [-0.39, 0.29) is 24.4 Å². The second-order valence-electron chi connectivity index (χ2n) is 6.92. The van der Waals surface area contributed by atoms with E-state index in [1.807, 2.05) is 17.2 Å². The first-order valence-corrected chi connectivity index (χ1v) is 10.3. The number of hydrogen-bond donors (Lipinski definition) is 1. The molecule has 1 atom stereocenters. The monoisotopic (exact) mass is 408 g/mol. The molecule has 0 bridgehead atoms. The van der Waals surface area contributed by atoms with Gasteiger partial charge in [0, 0.05) is 11.4 Å². The molecular formula is C18H24N4O3S2. The van der Waals surface area contributed by atoms with E-state index in [1.165, 1.54) is 18.0 Å². The second-order valence-corrected chi connectivity index (χ2v) is 8.23. The van der Waals surface area contributed by atoms with Gasteiger partial charge in [0.05, 0.1) is 29.9 Å². The normalized spacial score (nSPS) is 19.4. The highest BCUT2D eigenvalue weighted by Crippen LogP contribution is 2.37. The molecule has 1 aromatic rings. The van der Waals surface area contributed by atoms with Crippen molar-refractivity contribution in [2.45, 2.75) is 56.2 Å². The Bertz CT molecular complexity index is 776. The molecule has 1 aliphatic rings. The van der Waals surface area contributed by atoms with Crippen LogP contribution in [-0.4, -0.2) is 51.7 Å². The van der Waals surface area contributed by atoms with Crippen LogP contribution in [0.3, 0.4) is 0 Å². The van der Waals surface area contributed by atoms with Gasteiger partial charge in [0.1, 0.15) is 11.6 Å². The van der Waals surface area contributed by atoms with Crippen LogP contribution in [0.4, 0.5) is 5.69 Å². The van der Waals surface area contributed by atoms with Gasteiger partial charge < -0.3 is 4.74 Å². The van der Waals surface area contributed by atoms with Crippen LogP contribution in [0.1, 0.15) is 39.8 Å². The lowest BCUT2D eigenvalue weighted by Gasteiger charge is -2.30. The summed E-state index contributed by atoms with van der Waals surface area (Å²) in [5, 5.41) is 9.15. The third kappa shape index (κ3) is 4.39. The summed E-state index contributed by atoms with van der Waals surface area (Å²) in [7, 11) is 0. The molecule has 0 N–H and O–H groups in total. The van der Waals surface area contributed by atoms with Crippen LogP contribution in [0.25, 0.3) is 0 Å². The predicted molar refractivity (Wildman–Crippen MR) is 108 cm³/mol. The first-order valence-electron chi connectivity index (χ1n) is 8.55. The SMILES string of the molecule is CSc1cc(N2C(=O)C(C)(C)N(CCC(=O)OC(C)C)C2S)cnc1C#N. The smallest absolute Gasteiger partial charge is 0.307 e. The quantitative estimate of drug-likeness (QED) is 0.440. The molecule has 1 amide bonds. The molecule has 0 saturated carbocycles. The van der Waals surface area contributed by atoms with E-state index in [1.54, 1.807) is 38.7 Å². The fourth-order valence-electron chi connectivity index (χ4n) is 2.94. The number of nitriles is 1. The molecule has 27 heavy (non-hydrogen) atoms. The maximum Gasteiger partial charge on any atom is 0.307 e. The lowest BCUT2D eigenvalue weighted by molar-refractivity contribution is -0.148. The minimum atomic E-state index is -0.835.